The van der Waals surface area contributed by atoms with Gasteiger partial charge in [-0.2, -0.15) is 5.26 Å². The summed E-state index contributed by atoms with van der Waals surface area (Å²) in [6.07, 6.45) is 1.70. The lowest BCUT2D eigenvalue weighted by Crippen LogP contribution is -2.39. The van der Waals surface area contributed by atoms with Crippen LogP contribution in [-0.4, -0.2) is 37.7 Å². The molecule has 1 saturated heterocycles. The highest BCUT2D eigenvalue weighted by atomic mass is 16.5. The van der Waals surface area contributed by atoms with Crippen molar-refractivity contribution in [1.29, 1.82) is 5.26 Å². The quantitative estimate of drug-likeness (QED) is 0.844. The molecule has 3 rings (SSSR count). The van der Waals surface area contributed by atoms with E-state index in [4.69, 9.17) is 4.74 Å². The first-order valence-corrected chi connectivity index (χ1v) is 8.49. The molecule has 0 aromatic heterocycles. The van der Waals surface area contributed by atoms with Gasteiger partial charge < -0.3 is 4.74 Å². The van der Waals surface area contributed by atoms with Crippen LogP contribution in [0.5, 0.6) is 0 Å². The number of benzene rings is 2. The third-order valence-corrected chi connectivity index (χ3v) is 5.08. The zero-order valence-corrected chi connectivity index (χ0v) is 13.8. The minimum Gasteiger partial charge on any atom is -0.379 e. The van der Waals surface area contributed by atoms with Crippen molar-refractivity contribution in [2.75, 3.05) is 32.8 Å². The predicted molar refractivity (Wildman–Crippen MR) is 93.4 cm³/mol. The average Bonchev–Trinajstić information content (AvgIpc) is 2.64. The summed E-state index contributed by atoms with van der Waals surface area (Å²) < 4.78 is 5.42. The van der Waals surface area contributed by atoms with Crippen LogP contribution >= 0.6 is 0 Å². The Balaban J connectivity index is 1.91. The molecule has 1 fully saturated rings. The van der Waals surface area contributed by atoms with Gasteiger partial charge in [0.15, 0.2) is 0 Å². The molecule has 2 aromatic rings. The molecule has 1 heterocycles. The SMILES string of the molecule is CCC(C#N)(CCN1CCOCC1)c1cccc2ccccc12. The molecule has 0 spiro atoms. The summed E-state index contributed by atoms with van der Waals surface area (Å²) in [5, 5.41) is 12.4. The van der Waals surface area contributed by atoms with Crippen molar-refractivity contribution in [3.05, 3.63) is 48.0 Å². The Morgan fingerprint density at radius 3 is 2.61 bits per heavy atom. The maximum Gasteiger partial charge on any atom is 0.0837 e. The molecule has 23 heavy (non-hydrogen) atoms. The molecule has 1 atom stereocenters. The Morgan fingerprint density at radius 1 is 1.13 bits per heavy atom. The maximum atomic E-state index is 10.0. The molecule has 1 aliphatic heterocycles. The van der Waals surface area contributed by atoms with Gasteiger partial charge in [-0.1, -0.05) is 49.4 Å². The van der Waals surface area contributed by atoms with Gasteiger partial charge in [0.25, 0.3) is 0 Å². The van der Waals surface area contributed by atoms with E-state index in [1.807, 2.05) is 0 Å². The molecule has 2 aromatic carbocycles. The minimum atomic E-state index is -0.417. The molecule has 1 unspecified atom stereocenters. The summed E-state index contributed by atoms with van der Waals surface area (Å²) in [6.45, 7) is 6.64. The Labute approximate surface area is 138 Å². The monoisotopic (exact) mass is 308 g/mol. The van der Waals surface area contributed by atoms with E-state index in [0.29, 0.717) is 0 Å². The van der Waals surface area contributed by atoms with Crippen LogP contribution in [-0.2, 0) is 10.2 Å². The normalized spacial score (nSPS) is 18.4. The molecule has 0 N–H and O–H groups in total. The van der Waals surface area contributed by atoms with Crippen molar-refractivity contribution in [2.24, 2.45) is 0 Å². The van der Waals surface area contributed by atoms with Gasteiger partial charge in [-0.25, -0.2) is 0 Å². The van der Waals surface area contributed by atoms with Crippen molar-refractivity contribution in [3.63, 3.8) is 0 Å². The second-order valence-electron chi connectivity index (χ2n) is 6.28. The molecule has 0 aliphatic carbocycles. The van der Waals surface area contributed by atoms with Crippen molar-refractivity contribution >= 4 is 10.8 Å². The first kappa shape index (κ1) is 16.0. The van der Waals surface area contributed by atoms with E-state index in [2.05, 4.69) is 60.4 Å². The van der Waals surface area contributed by atoms with E-state index in [-0.39, 0.29) is 0 Å². The third kappa shape index (κ3) is 3.24. The lowest BCUT2D eigenvalue weighted by molar-refractivity contribution is 0.0354. The average molecular weight is 308 g/mol. The highest BCUT2D eigenvalue weighted by molar-refractivity contribution is 5.87. The summed E-state index contributed by atoms with van der Waals surface area (Å²) in [7, 11) is 0. The van der Waals surface area contributed by atoms with Crippen LogP contribution in [0, 0.1) is 11.3 Å². The number of morpholine rings is 1. The number of nitrogens with zero attached hydrogens (tertiary/aromatic N) is 2. The van der Waals surface area contributed by atoms with Crippen LogP contribution in [0.25, 0.3) is 10.8 Å². The van der Waals surface area contributed by atoms with Crippen LogP contribution in [0.1, 0.15) is 25.3 Å². The number of fused-ring (bicyclic) bond motifs is 1. The maximum absolute atomic E-state index is 10.0. The van der Waals surface area contributed by atoms with E-state index in [0.717, 1.165) is 45.7 Å². The highest BCUT2D eigenvalue weighted by Crippen LogP contribution is 2.36. The summed E-state index contributed by atoms with van der Waals surface area (Å²) in [5.74, 6) is 0. The van der Waals surface area contributed by atoms with Gasteiger partial charge in [-0.15, -0.1) is 0 Å². The fourth-order valence-corrected chi connectivity index (χ4v) is 3.51. The second-order valence-corrected chi connectivity index (χ2v) is 6.28. The fourth-order valence-electron chi connectivity index (χ4n) is 3.51. The highest BCUT2D eigenvalue weighted by Gasteiger charge is 2.32. The zero-order valence-electron chi connectivity index (χ0n) is 13.8. The molecule has 120 valence electrons. The Hall–Kier alpha value is -1.89. The van der Waals surface area contributed by atoms with E-state index < -0.39 is 5.41 Å². The lowest BCUT2D eigenvalue weighted by atomic mass is 9.74. The van der Waals surface area contributed by atoms with Gasteiger partial charge in [0, 0.05) is 19.6 Å². The van der Waals surface area contributed by atoms with E-state index in [1.54, 1.807) is 0 Å². The summed E-state index contributed by atoms with van der Waals surface area (Å²) in [4.78, 5) is 2.41. The first-order chi connectivity index (χ1) is 11.3. The zero-order chi connectivity index (χ0) is 16.1. The molecule has 0 amide bonds. The summed E-state index contributed by atoms with van der Waals surface area (Å²) in [6, 6.07) is 17.4. The fraction of sp³-hybridized carbons (Fsp3) is 0.450. The molecular weight excluding hydrogens is 284 g/mol. The van der Waals surface area contributed by atoms with E-state index in [1.165, 1.54) is 16.3 Å². The predicted octanol–water partition coefficient (Wildman–Crippen LogP) is 3.73. The van der Waals surface area contributed by atoms with Crippen LogP contribution in [0.4, 0.5) is 0 Å². The Kier molecular flexibility index (Phi) is 4.95. The van der Waals surface area contributed by atoms with Crippen LogP contribution < -0.4 is 0 Å². The summed E-state index contributed by atoms with van der Waals surface area (Å²) >= 11 is 0. The van der Waals surface area contributed by atoms with Gasteiger partial charge in [-0.3, -0.25) is 4.90 Å². The smallest absolute Gasteiger partial charge is 0.0837 e. The number of hydrogen-bond acceptors (Lipinski definition) is 3. The Morgan fingerprint density at radius 2 is 1.87 bits per heavy atom. The van der Waals surface area contributed by atoms with Gasteiger partial charge in [-0.05, 0) is 29.2 Å². The number of hydrogen-bond donors (Lipinski definition) is 0. The molecule has 0 radical (unpaired) electrons. The van der Waals surface area contributed by atoms with Crippen LogP contribution in [0.2, 0.25) is 0 Å². The number of nitriles is 1. The molecule has 3 heteroatoms. The molecule has 3 nitrogen and oxygen atoms in total. The van der Waals surface area contributed by atoms with Crippen LogP contribution in [0.3, 0.4) is 0 Å². The van der Waals surface area contributed by atoms with Gasteiger partial charge >= 0.3 is 0 Å². The molecule has 1 aliphatic rings. The van der Waals surface area contributed by atoms with Crippen molar-refractivity contribution in [1.82, 2.24) is 4.90 Å². The van der Waals surface area contributed by atoms with Crippen molar-refractivity contribution < 1.29 is 4.74 Å². The summed E-state index contributed by atoms with van der Waals surface area (Å²) in [5.41, 5.74) is 0.757. The molecule has 0 bridgehead atoms. The third-order valence-electron chi connectivity index (χ3n) is 5.08. The second kappa shape index (κ2) is 7.12. The molecule has 0 saturated carbocycles. The lowest BCUT2D eigenvalue weighted by Gasteiger charge is -2.32. The number of rotatable bonds is 5. The van der Waals surface area contributed by atoms with Gasteiger partial charge in [0.1, 0.15) is 0 Å². The van der Waals surface area contributed by atoms with Crippen molar-refractivity contribution in [2.45, 2.75) is 25.2 Å². The van der Waals surface area contributed by atoms with E-state index >= 15 is 0 Å². The Bertz CT molecular complexity index is 695. The standard InChI is InChI=1S/C20H24N2O/c1-2-20(16-21,10-11-22-12-14-23-15-13-22)19-9-5-7-17-6-3-4-8-18(17)19/h3-9H,2,10-15H2,1H3. The minimum absolute atomic E-state index is 0.417. The van der Waals surface area contributed by atoms with Crippen molar-refractivity contribution in [3.8, 4) is 6.07 Å². The number of ether oxygens (including phenoxy) is 1. The first-order valence-electron chi connectivity index (χ1n) is 8.49. The van der Waals surface area contributed by atoms with E-state index in [9.17, 15) is 5.26 Å². The topological polar surface area (TPSA) is 36.3 Å². The van der Waals surface area contributed by atoms with Gasteiger partial charge in [0.2, 0.25) is 0 Å². The van der Waals surface area contributed by atoms with Gasteiger partial charge in [0.05, 0.1) is 24.7 Å². The molecular formula is C20H24N2O. The largest absolute Gasteiger partial charge is 0.379 e. The van der Waals surface area contributed by atoms with Crippen LogP contribution in [0.15, 0.2) is 42.5 Å².